The van der Waals surface area contributed by atoms with Gasteiger partial charge in [0.15, 0.2) is 0 Å². The number of phenolic OH excluding ortho intramolecular Hbond substituents is 1. The van der Waals surface area contributed by atoms with Crippen molar-refractivity contribution < 1.29 is 14.6 Å². The maximum Gasteiger partial charge on any atom is 0.127 e. The Balaban J connectivity index is 1.48. The Kier molecular flexibility index (Phi) is 6.42. The molecule has 2 unspecified atom stereocenters. The average molecular weight is 428 g/mol. The molecule has 2 aliphatic heterocycles. The zero-order valence-corrected chi connectivity index (χ0v) is 20.2. The zero-order chi connectivity index (χ0) is 22.2. The first kappa shape index (κ1) is 22.7. The summed E-state index contributed by atoms with van der Waals surface area (Å²) < 4.78 is 12.0. The third-order valence-corrected chi connectivity index (χ3v) is 7.92. The molecule has 2 atom stereocenters. The van der Waals surface area contributed by atoms with Crippen LogP contribution in [0.4, 0.5) is 0 Å². The quantitative estimate of drug-likeness (QED) is 0.461. The van der Waals surface area contributed by atoms with Gasteiger partial charge in [-0.3, -0.25) is 4.90 Å². The van der Waals surface area contributed by atoms with Crippen molar-refractivity contribution in [3.8, 4) is 11.5 Å². The number of hydrogen-bond acceptors (Lipinski definition) is 4. The fourth-order valence-electron chi connectivity index (χ4n) is 5.83. The number of morpholine rings is 1. The van der Waals surface area contributed by atoms with Crippen LogP contribution in [0.15, 0.2) is 23.8 Å². The Morgan fingerprint density at radius 3 is 2.65 bits per heavy atom. The van der Waals surface area contributed by atoms with Crippen LogP contribution < -0.4 is 4.74 Å². The summed E-state index contributed by atoms with van der Waals surface area (Å²) in [4.78, 5) is 2.51. The summed E-state index contributed by atoms with van der Waals surface area (Å²) in [6, 6.07) is 4.25. The minimum atomic E-state index is -0.220. The largest absolute Gasteiger partial charge is 0.508 e. The van der Waals surface area contributed by atoms with E-state index in [4.69, 9.17) is 9.47 Å². The lowest BCUT2D eigenvalue weighted by atomic mass is 9.66. The molecular weight excluding hydrogens is 386 g/mol. The number of hydrogen-bond donors (Lipinski definition) is 1. The van der Waals surface area contributed by atoms with Gasteiger partial charge in [0, 0.05) is 30.5 Å². The number of nitrogens with zero attached hydrogens (tertiary/aromatic N) is 1. The van der Waals surface area contributed by atoms with Gasteiger partial charge < -0.3 is 14.6 Å². The fraction of sp³-hybridized carbons (Fsp3) is 0.704. The first-order chi connectivity index (χ1) is 14.7. The summed E-state index contributed by atoms with van der Waals surface area (Å²) in [7, 11) is 0. The van der Waals surface area contributed by atoms with Gasteiger partial charge in [-0.25, -0.2) is 0 Å². The summed E-state index contributed by atoms with van der Waals surface area (Å²) in [5.74, 6) is 2.08. The highest BCUT2D eigenvalue weighted by molar-refractivity contribution is 5.54. The molecule has 1 saturated heterocycles. The zero-order valence-electron chi connectivity index (χ0n) is 20.2. The molecule has 172 valence electrons. The van der Waals surface area contributed by atoms with Gasteiger partial charge in [0.1, 0.15) is 17.1 Å². The van der Waals surface area contributed by atoms with E-state index in [1.165, 1.54) is 24.0 Å². The standard InChI is InChI=1S/C27H41NO3/c1-19-8-9-22-21(16-19)25-23(29)17-20(18-24(25)31-27(22,4)5)26(2,3)10-6-7-11-28-12-14-30-15-13-28/h8,17-18,21-22,29H,6-7,9-16H2,1-5H3. The SMILES string of the molecule is CC1=CCC2C(C1)c1c(O)cc(C(C)(C)CCCCN3CCOCC3)cc1OC2(C)C. The molecule has 4 nitrogen and oxygen atoms in total. The highest BCUT2D eigenvalue weighted by Crippen LogP contribution is 2.54. The Morgan fingerprint density at radius 2 is 1.90 bits per heavy atom. The molecule has 1 fully saturated rings. The predicted molar refractivity (Wildman–Crippen MR) is 126 cm³/mol. The van der Waals surface area contributed by atoms with E-state index >= 15 is 0 Å². The Morgan fingerprint density at radius 1 is 1.16 bits per heavy atom. The number of ether oxygens (including phenoxy) is 2. The number of allylic oxidation sites excluding steroid dienone is 2. The second kappa shape index (κ2) is 8.78. The molecule has 2 heterocycles. The molecule has 0 bridgehead atoms. The number of phenols is 1. The van der Waals surface area contributed by atoms with Crippen molar-refractivity contribution in [3.05, 3.63) is 34.9 Å². The van der Waals surface area contributed by atoms with Crippen molar-refractivity contribution in [1.29, 1.82) is 0 Å². The second-order valence-electron chi connectivity index (χ2n) is 11.1. The minimum absolute atomic E-state index is 0.00422. The van der Waals surface area contributed by atoms with Crippen LogP contribution in [-0.2, 0) is 10.2 Å². The summed E-state index contributed by atoms with van der Waals surface area (Å²) in [6.45, 7) is 16.2. The van der Waals surface area contributed by atoms with Crippen LogP contribution in [0.5, 0.6) is 11.5 Å². The summed E-state index contributed by atoms with van der Waals surface area (Å²) in [5, 5.41) is 11.1. The molecule has 4 heteroatoms. The number of fused-ring (bicyclic) bond motifs is 3. The Hall–Kier alpha value is -1.52. The molecule has 1 aromatic carbocycles. The van der Waals surface area contributed by atoms with Gasteiger partial charge in [-0.2, -0.15) is 0 Å². The Labute approximate surface area is 188 Å². The highest BCUT2D eigenvalue weighted by atomic mass is 16.5. The van der Waals surface area contributed by atoms with Gasteiger partial charge in [-0.15, -0.1) is 0 Å². The summed E-state index contributed by atoms with van der Waals surface area (Å²) in [6.07, 6.45) is 7.89. The van der Waals surface area contributed by atoms with Crippen molar-refractivity contribution in [3.63, 3.8) is 0 Å². The molecule has 0 spiro atoms. The van der Waals surface area contributed by atoms with Crippen LogP contribution in [0.1, 0.15) is 83.8 Å². The van der Waals surface area contributed by atoms with Crippen molar-refractivity contribution >= 4 is 0 Å². The van der Waals surface area contributed by atoms with Crippen molar-refractivity contribution in [2.45, 2.75) is 83.7 Å². The number of aromatic hydroxyl groups is 1. The monoisotopic (exact) mass is 427 g/mol. The van der Waals surface area contributed by atoms with E-state index in [1.807, 2.05) is 6.07 Å². The lowest BCUT2D eigenvalue weighted by Gasteiger charge is -2.47. The predicted octanol–water partition coefficient (Wildman–Crippen LogP) is 5.78. The van der Waals surface area contributed by atoms with Gasteiger partial charge in [-0.05, 0) is 76.1 Å². The molecule has 31 heavy (non-hydrogen) atoms. The number of rotatable bonds is 6. The third kappa shape index (κ3) is 4.80. The van der Waals surface area contributed by atoms with Crippen molar-refractivity contribution in [2.75, 3.05) is 32.8 Å². The molecule has 0 radical (unpaired) electrons. The smallest absolute Gasteiger partial charge is 0.127 e. The van der Waals surface area contributed by atoms with Crippen LogP contribution in [0.2, 0.25) is 0 Å². The minimum Gasteiger partial charge on any atom is -0.508 e. The molecule has 3 aliphatic rings. The molecule has 0 aromatic heterocycles. The summed E-state index contributed by atoms with van der Waals surface area (Å²) in [5.41, 5.74) is 3.43. The molecule has 0 saturated carbocycles. The van der Waals surface area contributed by atoms with Gasteiger partial charge in [0.2, 0.25) is 0 Å². The van der Waals surface area contributed by atoms with E-state index in [-0.39, 0.29) is 11.0 Å². The van der Waals surface area contributed by atoms with Crippen LogP contribution in [0.25, 0.3) is 0 Å². The first-order valence-corrected chi connectivity index (χ1v) is 12.2. The topological polar surface area (TPSA) is 41.9 Å². The molecule has 1 aliphatic carbocycles. The van der Waals surface area contributed by atoms with Crippen LogP contribution in [-0.4, -0.2) is 48.5 Å². The van der Waals surface area contributed by atoms with Gasteiger partial charge in [-0.1, -0.05) is 31.9 Å². The molecule has 1 N–H and O–H groups in total. The third-order valence-electron chi connectivity index (χ3n) is 7.92. The second-order valence-corrected chi connectivity index (χ2v) is 11.1. The first-order valence-electron chi connectivity index (χ1n) is 12.2. The van der Waals surface area contributed by atoms with Crippen LogP contribution >= 0.6 is 0 Å². The average Bonchev–Trinajstić information content (AvgIpc) is 2.71. The van der Waals surface area contributed by atoms with Gasteiger partial charge >= 0.3 is 0 Å². The normalized spacial score (nSPS) is 25.9. The van der Waals surface area contributed by atoms with Gasteiger partial charge in [0.25, 0.3) is 0 Å². The van der Waals surface area contributed by atoms with E-state index in [0.29, 0.717) is 17.6 Å². The van der Waals surface area contributed by atoms with E-state index in [2.05, 4.69) is 51.7 Å². The van der Waals surface area contributed by atoms with E-state index < -0.39 is 0 Å². The molecule has 1 aromatic rings. The number of benzene rings is 1. The maximum atomic E-state index is 11.1. The van der Waals surface area contributed by atoms with Crippen molar-refractivity contribution in [2.24, 2.45) is 5.92 Å². The molecular formula is C27H41NO3. The van der Waals surface area contributed by atoms with Crippen LogP contribution in [0.3, 0.4) is 0 Å². The lowest BCUT2D eigenvalue weighted by molar-refractivity contribution is 0.00741. The fourth-order valence-corrected chi connectivity index (χ4v) is 5.83. The molecule has 0 amide bonds. The van der Waals surface area contributed by atoms with E-state index in [9.17, 15) is 5.11 Å². The highest BCUT2D eigenvalue weighted by Gasteiger charge is 2.46. The van der Waals surface area contributed by atoms with E-state index in [0.717, 1.165) is 63.4 Å². The van der Waals surface area contributed by atoms with Crippen molar-refractivity contribution in [1.82, 2.24) is 4.90 Å². The summed E-state index contributed by atoms with van der Waals surface area (Å²) >= 11 is 0. The van der Waals surface area contributed by atoms with Crippen LogP contribution in [0, 0.1) is 5.92 Å². The number of unbranched alkanes of at least 4 members (excludes halogenated alkanes) is 1. The van der Waals surface area contributed by atoms with E-state index in [1.54, 1.807) is 0 Å². The Bertz CT molecular complexity index is 820. The molecule has 4 rings (SSSR count). The maximum absolute atomic E-state index is 11.1. The van der Waals surface area contributed by atoms with Gasteiger partial charge in [0.05, 0.1) is 13.2 Å². The lowest BCUT2D eigenvalue weighted by Crippen LogP contribution is -2.45.